The van der Waals surface area contributed by atoms with Crippen LogP contribution >= 0.6 is 0 Å². The first kappa shape index (κ1) is 14.5. The van der Waals surface area contributed by atoms with Gasteiger partial charge in [-0.2, -0.15) is 0 Å². The van der Waals surface area contributed by atoms with Gasteiger partial charge in [-0.3, -0.25) is 0 Å². The maximum Gasteiger partial charge on any atom is 0.240 e. The zero-order valence-electron chi connectivity index (χ0n) is 11.4. The molecular weight excluding hydrogens is 260 g/mol. The second kappa shape index (κ2) is 6.50. The van der Waals surface area contributed by atoms with E-state index in [0.717, 1.165) is 37.9 Å². The van der Waals surface area contributed by atoms with E-state index >= 15 is 0 Å². The molecule has 1 aliphatic heterocycles. The first-order chi connectivity index (χ1) is 9.12. The van der Waals surface area contributed by atoms with E-state index in [4.69, 9.17) is 0 Å². The first-order valence-electron chi connectivity index (χ1n) is 6.91. The van der Waals surface area contributed by atoms with Gasteiger partial charge >= 0.3 is 0 Å². The van der Waals surface area contributed by atoms with Crippen LogP contribution in [0.1, 0.15) is 25.3 Å². The Kier molecular flexibility index (Phi) is 4.96. The van der Waals surface area contributed by atoms with Crippen LogP contribution in [-0.2, 0) is 16.4 Å². The molecule has 0 unspecified atom stereocenters. The van der Waals surface area contributed by atoms with Gasteiger partial charge in [-0.25, -0.2) is 13.1 Å². The maximum absolute atomic E-state index is 12.1. The van der Waals surface area contributed by atoms with Crippen molar-refractivity contribution in [2.24, 2.45) is 5.92 Å². The van der Waals surface area contributed by atoms with Crippen LogP contribution in [-0.4, -0.2) is 28.1 Å². The van der Waals surface area contributed by atoms with E-state index in [-0.39, 0.29) is 0 Å². The Hall–Kier alpha value is -0.910. The minimum absolute atomic E-state index is 0.360. The third-order valence-electron chi connectivity index (χ3n) is 3.66. The van der Waals surface area contributed by atoms with Crippen LogP contribution in [0.25, 0.3) is 0 Å². The summed E-state index contributed by atoms with van der Waals surface area (Å²) in [6, 6.07) is 7.12. The van der Waals surface area contributed by atoms with Crippen LogP contribution < -0.4 is 10.0 Å². The van der Waals surface area contributed by atoms with E-state index in [0.29, 0.717) is 17.4 Å². The Balaban J connectivity index is 1.96. The van der Waals surface area contributed by atoms with Gasteiger partial charge in [-0.15, -0.1) is 0 Å². The third kappa shape index (κ3) is 4.03. The highest BCUT2D eigenvalue weighted by atomic mass is 32.2. The lowest BCUT2D eigenvalue weighted by atomic mass is 9.99. The molecule has 0 saturated carbocycles. The van der Waals surface area contributed by atoms with Crippen molar-refractivity contribution in [2.75, 3.05) is 19.6 Å². The Morgan fingerprint density at radius 1 is 1.21 bits per heavy atom. The average Bonchev–Trinajstić information content (AvgIpc) is 2.46. The van der Waals surface area contributed by atoms with Gasteiger partial charge in [-0.05, 0) is 56.0 Å². The Morgan fingerprint density at radius 3 is 2.42 bits per heavy atom. The van der Waals surface area contributed by atoms with Crippen molar-refractivity contribution in [2.45, 2.75) is 31.1 Å². The smallest absolute Gasteiger partial charge is 0.240 e. The summed E-state index contributed by atoms with van der Waals surface area (Å²) in [6.45, 7) is 4.56. The fraction of sp³-hybridized carbons (Fsp3) is 0.571. The summed E-state index contributed by atoms with van der Waals surface area (Å²) in [6.07, 6.45) is 3.00. The second-order valence-corrected chi connectivity index (χ2v) is 6.81. The molecule has 1 heterocycles. The van der Waals surface area contributed by atoms with E-state index in [1.165, 1.54) is 0 Å². The summed E-state index contributed by atoms with van der Waals surface area (Å²) < 4.78 is 27.0. The Labute approximate surface area is 115 Å². The van der Waals surface area contributed by atoms with Gasteiger partial charge in [0.2, 0.25) is 10.0 Å². The summed E-state index contributed by atoms with van der Waals surface area (Å²) in [5, 5.41) is 3.28. The van der Waals surface area contributed by atoms with E-state index < -0.39 is 10.0 Å². The van der Waals surface area contributed by atoms with Crippen molar-refractivity contribution in [3.63, 3.8) is 0 Å². The predicted molar refractivity (Wildman–Crippen MR) is 76.6 cm³/mol. The largest absolute Gasteiger partial charge is 0.317 e. The number of rotatable bonds is 5. The molecule has 0 aromatic heterocycles. The molecule has 1 aromatic rings. The SMILES string of the molecule is CCc1ccc(S(=O)(=O)NCC2CCNCC2)cc1. The minimum atomic E-state index is -3.36. The van der Waals surface area contributed by atoms with Crippen LogP contribution in [0.2, 0.25) is 0 Å². The summed E-state index contributed by atoms with van der Waals surface area (Å²) in [4.78, 5) is 0.360. The van der Waals surface area contributed by atoms with Crippen LogP contribution in [0.3, 0.4) is 0 Å². The normalized spacial score (nSPS) is 17.5. The number of sulfonamides is 1. The topological polar surface area (TPSA) is 58.2 Å². The van der Waals surface area contributed by atoms with Gasteiger partial charge in [-0.1, -0.05) is 19.1 Å². The van der Waals surface area contributed by atoms with Crippen LogP contribution in [0.5, 0.6) is 0 Å². The highest BCUT2D eigenvalue weighted by Gasteiger charge is 2.18. The molecule has 0 radical (unpaired) electrons. The zero-order chi connectivity index (χ0) is 13.7. The summed E-state index contributed by atoms with van der Waals surface area (Å²) in [5.74, 6) is 0.450. The molecule has 0 bridgehead atoms. The van der Waals surface area contributed by atoms with Crippen LogP contribution in [0.15, 0.2) is 29.2 Å². The molecule has 0 spiro atoms. The quantitative estimate of drug-likeness (QED) is 0.861. The van der Waals surface area contributed by atoms with Gasteiger partial charge < -0.3 is 5.32 Å². The molecule has 1 fully saturated rings. The monoisotopic (exact) mass is 282 g/mol. The van der Waals surface area contributed by atoms with Gasteiger partial charge in [0, 0.05) is 6.54 Å². The van der Waals surface area contributed by atoms with E-state index in [9.17, 15) is 8.42 Å². The fourth-order valence-corrected chi connectivity index (χ4v) is 3.42. The van der Waals surface area contributed by atoms with Crippen LogP contribution in [0, 0.1) is 5.92 Å². The molecule has 0 aliphatic carbocycles. The molecule has 1 aromatic carbocycles. The number of hydrogen-bond acceptors (Lipinski definition) is 3. The lowest BCUT2D eigenvalue weighted by Gasteiger charge is -2.22. The van der Waals surface area contributed by atoms with Gasteiger partial charge in [0.25, 0.3) is 0 Å². The summed E-state index contributed by atoms with van der Waals surface area (Å²) >= 11 is 0. The van der Waals surface area contributed by atoms with Gasteiger partial charge in [0.15, 0.2) is 0 Å². The number of nitrogens with one attached hydrogen (secondary N) is 2. The number of piperidine rings is 1. The highest BCUT2D eigenvalue weighted by molar-refractivity contribution is 7.89. The molecule has 5 heteroatoms. The Bertz CT molecular complexity index is 491. The van der Waals surface area contributed by atoms with Crippen LogP contribution in [0.4, 0.5) is 0 Å². The molecule has 2 N–H and O–H groups in total. The number of hydrogen-bond donors (Lipinski definition) is 2. The lowest BCUT2D eigenvalue weighted by molar-refractivity contribution is 0.372. The standard InChI is InChI=1S/C14H22N2O2S/c1-2-12-3-5-14(6-4-12)19(17,18)16-11-13-7-9-15-10-8-13/h3-6,13,15-16H,2,7-11H2,1H3. The van der Waals surface area contributed by atoms with E-state index in [1.807, 2.05) is 12.1 Å². The van der Waals surface area contributed by atoms with Crippen molar-refractivity contribution in [3.8, 4) is 0 Å². The molecule has 1 saturated heterocycles. The fourth-order valence-electron chi connectivity index (χ4n) is 2.30. The van der Waals surface area contributed by atoms with E-state index in [2.05, 4.69) is 17.0 Å². The zero-order valence-corrected chi connectivity index (χ0v) is 12.2. The first-order valence-corrected chi connectivity index (χ1v) is 8.39. The molecule has 0 atom stereocenters. The van der Waals surface area contributed by atoms with Crippen molar-refractivity contribution < 1.29 is 8.42 Å². The molecule has 106 valence electrons. The van der Waals surface area contributed by atoms with Crippen molar-refractivity contribution in [1.29, 1.82) is 0 Å². The predicted octanol–water partition coefficient (Wildman–Crippen LogP) is 1.53. The number of aryl methyl sites for hydroxylation is 1. The lowest BCUT2D eigenvalue weighted by Crippen LogP contribution is -2.35. The average molecular weight is 282 g/mol. The molecule has 2 rings (SSSR count). The van der Waals surface area contributed by atoms with Gasteiger partial charge in [0.05, 0.1) is 4.90 Å². The molecular formula is C14H22N2O2S. The number of benzene rings is 1. The molecule has 19 heavy (non-hydrogen) atoms. The third-order valence-corrected chi connectivity index (χ3v) is 5.10. The van der Waals surface area contributed by atoms with Crippen molar-refractivity contribution in [3.05, 3.63) is 29.8 Å². The second-order valence-electron chi connectivity index (χ2n) is 5.04. The Morgan fingerprint density at radius 2 is 1.84 bits per heavy atom. The van der Waals surface area contributed by atoms with Crippen molar-refractivity contribution >= 4 is 10.0 Å². The minimum Gasteiger partial charge on any atom is -0.317 e. The maximum atomic E-state index is 12.1. The molecule has 1 aliphatic rings. The van der Waals surface area contributed by atoms with E-state index in [1.54, 1.807) is 12.1 Å². The highest BCUT2D eigenvalue weighted by Crippen LogP contribution is 2.14. The van der Waals surface area contributed by atoms with Crippen molar-refractivity contribution in [1.82, 2.24) is 10.0 Å². The van der Waals surface area contributed by atoms with Gasteiger partial charge in [0.1, 0.15) is 0 Å². The summed E-state index contributed by atoms with van der Waals surface area (Å²) in [5.41, 5.74) is 1.15. The molecule has 4 nitrogen and oxygen atoms in total. The summed E-state index contributed by atoms with van der Waals surface area (Å²) in [7, 11) is -3.36. The molecule has 0 amide bonds.